The van der Waals surface area contributed by atoms with E-state index in [4.69, 9.17) is 34.8 Å². The van der Waals surface area contributed by atoms with Crippen molar-refractivity contribution in [3.05, 3.63) is 34.9 Å². The molecule has 3 heteroatoms. The highest BCUT2D eigenvalue weighted by Crippen LogP contribution is 2.33. The van der Waals surface area contributed by atoms with Crippen molar-refractivity contribution in [1.82, 2.24) is 0 Å². The summed E-state index contributed by atoms with van der Waals surface area (Å²) in [6, 6.07) is 7.90. The second kappa shape index (κ2) is 6.74. The van der Waals surface area contributed by atoms with E-state index in [-0.39, 0.29) is 5.41 Å². The number of rotatable bonds is 6. The molecule has 0 N–H and O–H groups in total. The van der Waals surface area contributed by atoms with Crippen molar-refractivity contribution in [3.63, 3.8) is 0 Å². The monoisotopic (exact) mass is 278 g/mol. The van der Waals surface area contributed by atoms with E-state index in [0.717, 1.165) is 29.8 Å². The first-order valence-electron chi connectivity index (χ1n) is 5.53. The average Bonchev–Trinajstić information content (AvgIpc) is 2.31. The summed E-state index contributed by atoms with van der Waals surface area (Å²) in [6.45, 7) is 2.15. The fourth-order valence-electron chi connectivity index (χ4n) is 1.93. The van der Waals surface area contributed by atoms with E-state index in [0.29, 0.717) is 11.8 Å². The summed E-state index contributed by atoms with van der Waals surface area (Å²) in [5.41, 5.74) is 1.11. The van der Waals surface area contributed by atoms with Crippen molar-refractivity contribution in [3.8, 4) is 0 Å². The van der Waals surface area contributed by atoms with Gasteiger partial charge in [0.25, 0.3) is 0 Å². The lowest BCUT2D eigenvalue weighted by atomic mass is 9.81. The van der Waals surface area contributed by atoms with Gasteiger partial charge in [0.05, 0.1) is 0 Å². The number of benzene rings is 1. The lowest BCUT2D eigenvalue weighted by Crippen LogP contribution is -2.28. The molecule has 0 amide bonds. The van der Waals surface area contributed by atoms with Gasteiger partial charge < -0.3 is 0 Å². The zero-order chi connectivity index (χ0) is 12.0. The van der Waals surface area contributed by atoms with Crippen LogP contribution < -0.4 is 0 Å². The van der Waals surface area contributed by atoms with Crippen molar-refractivity contribution in [2.24, 2.45) is 5.41 Å². The number of alkyl halides is 2. The van der Waals surface area contributed by atoms with Crippen LogP contribution in [0.15, 0.2) is 24.3 Å². The summed E-state index contributed by atoms with van der Waals surface area (Å²) < 4.78 is 0. The molecule has 0 radical (unpaired) electrons. The Bertz CT molecular complexity index is 319. The van der Waals surface area contributed by atoms with Gasteiger partial charge in [0.1, 0.15) is 0 Å². The van der Waals surface area contributed by atoms with Gasteiger partial charge in [0.2, 0.25) is 0 Å². The Morgan fingerprint density at radius 3 is 2.25 bits per heavy atom. The Morgan fingerprint density at radius 1 is 1.12 bits per heavy atom. The van der Waals surface area contributed by atoms with Gasteiger partial charge in [-0.1, -0.05) is 43.1 Å². The second-order valence-corrected chi connectivity index (χ2v) is 5.23. The fraction of sp³-hybridized carbons (Fsp3) is 0.538. The third-order valence-corrected chi connectivity index (χ3v) is 4.37. The Morgan fingerprint density at radius 2 is 1.75 bits per heavy atom. The lowest BCUT2D eigenvalue weighted by molar-refractivity contribution is 0.341. The topological polar surface area (TPSA) is 0 Å². The highest BCUT2D eigenvalue weighted by atomic mass is 35.5. The van der Waals surface area contributed by atoms with Crippen LogP contribution in [0, 0.1) is 5.41 Å². The van der Waals surface area contributed by atoms with Gasteiger partial charge >= 0.3 is 0 Å². The highest BCUT2D eigenvalue weighted by Gasteiger charge is 2.28. The molecule has 0 nitrogen and oxygen atoms in total. The Kier molecular flexibility index (Phi) is 5.96. The minimum atomic E-state index is -0.0249. The van der Waals surface area contributed by atoms with Crippen LogP contribution in [-0.2, 0) is 6.42 Å². The smallest absolute Gasteiger partial charge is 0.0438 e. The molecule has 0 aromatic heterocycles. The van der Waals surface area contributed by atoms with E-state index in [2.05, 4.69) is 6.92 Å². The van der Waals surface area contributed by atoms with Crippen LogP contribution in [0.4, 0.5) is 0 Å². The molecule has 0 saturated carbocycles. The van der Waals surface area contributed by atoms with Gasteiger partial charge in [-0.25, -0.2) is 0 Å². The first-order valence-corrected chi connectivity index (χ1v) is 6.97. The van der Waals surface area contributed by atoms with Crippen molar-refractivity contribution >= 4 is 34.8 Å². The molecular formula is C13H17Cl3. The van der Waals surface area contributed by atoms with E-state index >= 15 is 0 Å². The zero-order valence-electron chi connectivity index (χ0n) is 9.48. The van der Waals surface area contributed by atoms with Gasteiger partial charge in [-0.3, -0.25) is 0 Å². The molecule has 0 bridgehead atoms. The molecule has 90 valence electrons. The summed E-state index contributed by atoms with van der Waals surface area (Å²) in [7, 11) is 0. The molecule has 0 spiro atoms. The third kappa shape index (κ3) is 3.55. The van der Waals surface area contributed by atoms with Crippen LogP contribution in [0.2, 0.25) is 5.02 Å². The largest absolute Gasteiger partial charge is 0.126 e. The van der Waals surface area contributed by atoms with Crippen LogP contribution in [0.5, 0.6) is 0 Å². The maximum atomic E-state index is 6.16. The maximum absolute atomic E-state index is 6.16. The van der Waals surface area contributed by atoms with E-state index in [1.165, 1.54) is 0 Å². The number of halogens is 3. The molecule has 1 aromatic carbocycles. The molecule has 0 heterocycles. The molecule has 16 heavy (non-hydrogen) atoms. The summed E-state index contributed by atoms with van der Waals surface area (Å²) in [5.74, 6) is 1.16. The molecular weight excluding hydrogens is 263 g/mol. The predicted octanol–water partition coefficient (Wildman–Crippen LogP) is 5.15. The highest BCUT2D eigenvalue weighted by molar-refractivity contribution is 6.31. The quantitative estimate of drug-likeness (QED) is 0.632. The minimum absolute atomic E-state index is 0.0249. The van der Waals surface area contributed by atoms with Gasteiger partial charge in [-0.15, -0.1) is 23.2 Å². The van der Waals surface area contributed by atoms with Crippen molar-refractivity contribution < 1.29 is 0 Å². The lowest BCUT2D eigenvalue weighted by Gasteiger charge is -2.29. The predicted molar refractivity (Wildman–Crippen MR) is 73.9 cm³/mol. The van der Waals surface area contributed by atoms with Crippen LogP contribution >= 0.6 is 34.8 Å². The standard InChI is InChI=1S/C13H17Cl3/c1-2-7-13(9-14,10-15)8-11-5-3-4-6-12(11)16/h3-6H,2,7-10H2,1H3. The Labute approximate surface area is 113 Å². The molecule has 1 aromatic rings. The molecule has 0 aliphatic carbocycles. The van der Waals surface area contributed by atoms with E-state index in [1.807, 2.05) is 24.3 Å². The first kappa shape index (κ1) is 14.2. The SMILES string of the molecule is CCCC(CCl)(CCl)Cc1ccccc1Cl. The van der Waals surface area contributed by atoms with Gasteiger partial charge in [0.15, 0.2) is 0 Å². The van der Waals surface area contributed by atoms with Crippen LogP contribution in [-0.4, -0.2) is 11.8 Å². The Hall–Kier alpha value is 0.0900. The molecule has 0 aliphatic rings. The van der Waals surface area contributed by atoms with Gasteiger partial charge in [-0.2, -0.15) is 0 Å². The Balaban J connectivity index is 2.87. The van der Waals surface area contributed by atoms with Crippen molar-refractivity contribution in [1.29, 1.82) is 0 Å². The molecule has 0 unspecified atom stereocenters. The first-order chi connectivity index (χ1) is 7.67. The molecule has 0 fully saturated rings. The normalized spacial score (nSPS) is 11.8. The van der Waals surface area contributed by atoms with Gasteiger partial charge in [-0.05, 0) is 24.5 Å². The number of hydrogen-bond donors (Lipinski definition) is 0. The van der Waals surface area contributed by atoms with Crippen LogP contribution in [0.3, 0.4) is 0 Å². The van der Waals surface area contributed by atoms with Crippen molar-refractivity contribution in [2.75, 3.05) is 11.8 Å². The molecule has 1 rings (SSSR count). The van der Waals surface area contributed by atoms with E-state index < -0.39 is 0 Å². The summed E-state index contributed by atoms with van der Waals surface area (Å²) >= 11 is 18.3. The van der Waals surface area contributed by atoms with Crippen LogP contribution in [0.25, 0.3) is 0 Å². The van der Waals surface area contributed by atoms with Gasteiger partial charge in [0, 0.05) is 22.2 Å². The fourth-order valence-corrected chi connectivity index (χ4v) is 2.87. The number of hydrogen-bond acceptors (Lipinski definition) is 0. The summed E-state index contributed by atoms with van der Waals surface area (Å²) in [5, 5.41) is 0.804. The van der Waals surface area contributed by atoms with Crippen LogP contribution in [0.1, 0.15) is 25.3 Å². The zero-order valence-corrected chi connectivity index (χ0v) is 11.7. The summed E-state index contributed by atoms with van der Waals surface area (Å²) in [4.78, 5) is 0. The molecule has 0 aliphatic heterocycles. The second-order valence-electron chi connectivity index (χ2n) is 4.29. The van der Waals surface area contributed by atoms with Crippen molar-refractivity contribution in [2.45, 2.75) is 26.2 Å². The minimum Gasteiger partial charge on any atom is -0.126 e. The average molecular weight is 280 g/mol. The maximum Gasteiger partial charge on any atom is 0.0438 e. The molecule has 0 saturated heterocycles. The third-order valence-electron chi connectivity index (χ3n) is 2.87. The van der Waals surface area contributed by atoms with E-state index in [9.17, 15) is 0 Å². The van der Waals surface area contributed by atoms with E-state index in [1.54, 1.807) is 0 Å². The summed E-state index contributed by atoms with van der Waals surface area (Å²) in [6.07, 6.45) is 2.97. The molecule has 0 atom stereocenters.